The smallest absolute Gasteiger partial charge is 0.212 e. The Kier molecular flexibility index (Phi) is 5.14. The molecule has 0 unspecified atom stereocenters. The van der Waals surface area contributed by atoms with Gasteiger partial charge < -0.3 is 5.11 Å². The Morgan fingerprint density at radius 2 is 1.55 bits per heavy atom. The molecule has 1 aliphatic rings. The van der Waals surface area contributed by atoms with Crippen LogP contribution in [0.25, 0.3) is 22.3 Å². The molecular formula is C28H17FN2O2. The predicted molar refractivity (Wildman–Crippen MR) is 125 cm³/mol. The van der Waals surface area contributed by atoms with Crippen molar-refractivity contribution >= 4 is 17.2 Å². The number of rotatable bonds is 3. The van der Waals surface area contributed by atoms with Gasteiger partial charge in [-0.2, -0.15) is 5.26 Å². The fraction of sp³-hybridized carbons (Fsp3) is 0.0357. The number of aliphatic hydroxyl groups is 1. The lowest BCUT2D eigenvalue weighted by Crippen LogP contribution is -2.22. The summed E-state index contributed by atoms with van der Waals surface area (Å²) >= 11 is 0. The van der Waals surface area contributed by atoms with E-state index in [0.717, 1.165) is 27.8 Å². The van der Waals surface area contributed by atoms with Crippen LogP contribution in [0.4, 0.5) is 10.1 Å². The summed E-state index contributed by atoms with van der Waals surface area (Å²) in [6, 6.07) is 26.1. The molecule has 4 nitrogen and oxygen atoms in total. The van der Waals surface area contributed by atoms with E-state index in [1.165, 1.54) is 24.3 Å². The van der Waals surface area contributed by atoms with E-state index in [9.17, 15) is 19.6 Å². The second-order valence-corrected chi connectivity index (χ2v) is 7.76. The molecule has 5 heteroatoms. The van der Waals surface area contributed by atoms with Gasteiger partial charge in [0.2, 0.25) is 5.78 Å². The Morgan fingerprint density at radius 3 is 2.30 bits per heavy atom. The fourth-order valence-electron chi connectivity index (χ4n) is 4.04. The number of carbonyl (C=O) groups is 1. The number of halogens is 1. The lowest BCUT2D eigenvalue weighted by atomic mass is 9.81. The number of hydrogen-bond donors (Lipinski definition) is 1. The minimum absolute atomic E-state index is 0.0607. The van der Waals surface area contributed by atoms with Gasteiger partial charge in [-0.3, -0.25) is 4.79 Å². The van der Waals surface area contributed by atoms with E-state index in [2.05, 4.69) is 11.1 Å². The Morgan fingerprint density at radius 1 is 0.818 bits per heavy atom. The van der Waals surface area contributed by atoms with Crippen molar-refractivity contribution in [2.24, 2.45) is 4.99 Å². The summed E-state index contributed by atoms with van der Waals surface area (Å²) in [4.78, 5) is 18.0. The average Bonchev–Trinajstić information content (AvgIpc) is 2.87. The zero-order valence-electron chi connectivity index (χ0n) is 17.4. The Hall–Kier alpha value is -4.40. The van der Waals surface area contributed by atoms with Crippen LogP contribution in [0.15, 0.2) is 89.9 Å². The molecule has 1 aliphatic carbocycles. The molecule has 33 heavy (non-hydrogen) atoms. The van der Waals surface area contributed by atoms with Gasteiger partial charge in [-0.05, 0) is 82.4 Å². The second-order valence-electron chi connectivity index (χ2n) is 7.76. The van der Waals surface area contributed by atoms with Gasteiger partial charge in [0.1, 0.15) is 11.5 Å². The molecule has 0 bridgehead atoms. The number of ketones is 1. The lowest BCUT2D eigenvalue weighted by molar-refractivity contribution is 0.106. The largest absolute Gasteiger partial charge is 0.392 e. The first kappa shape index (κ1) is 20.5. The molecular weight excluding hydrogens is 415 g/mol. The van der Waals surface area contributed by atoms with Crippen molar-refractivity contribution < 1.29 is 14.3 Å². The number of nitriles is 1. The molecule has 4 aromatic rings. The molecule has 5 rings (SSSR count). The van der Waals surface area contributed by atoms with Crippen LogP contribution in [0.5, 0.6) is 0 Å². The third-order valence-electron chi connectivity index (χ3n) is 5.68. The number of aliphatic imine (C=N–C) groups is 1. The fourth-order valence-corrected chi connectivity index (χ4v) is 4.04. The highest BCUT2D eigenvalue weighted by Crippen LogP contribution is 2.38. The van der Waals surface area contributed by atoms with Crippen LogP contribution >= 0.6 is 0 Å². The van der Waals surface area contributed by atoms with E-state index in [1.54, 1.807) is 24.3 Å². The minimum Gasteiger partial charge on any atom is -0.392 e. The van der Waals surface area contributed by atoms with Crippen molar-refractivity contribution in [3.63, 3.8) is 0 Å². The van der Waals surface area contributed by atoms with Gasteiger partial charge in [-0.25, -0.2) is 9.38 Å². The minimum atomic E-state index is -0.379. The first-order valence-electron chi connectivity index (χ1n) is 10.4. The number of aliphatic hydroxyl groups excluding tert-OH is 1. The summed E-state index contributed by atoms with van der Waals surface area (Å²) in [6.45, 7) is -0.0607. The van der Waals surface area contributed by atoms with Gasteiger partial charge in [0.15, 0.2) is 0 Å². The second kappa shape index (κ2) is 8.27. The van der Waals surface area contributed by atoms with Gasteiger partial charge >= 0.3 is 0 Å². The molecule has 1 N–H and O–H groups in total. The maximum atomic E-state index is 13.5. The van der Waals surface area contributed by atoms with Gasteiger partial charge in [-0.15, -0.1) is 0 Å². The molecule has 0 spiro atoms. The maximum absolute atomic E-state index is 13.5. The summed E-state index contributed by atoms with van der Waals surface area (Å²) in [5, 5.41) is 18.9. The molecule has 0 aromatic heterocycles. The molecule has 0 aliphatic heterocycles. The number of hydrogen-bond acceptors (Lipinski definition) is 4. The van der Waals surface area contributed by atoms with Crippen LogP contribution in [-0.4, -0.2) is 16.6 Å². The first-order chi connectivity index (χ1) is 16.1. The summed E-state index contributed by atoms with van der Waals surface area (Å²) in [7, 11) is 0. The quantitative estimate of drug-likeness (QED) is 0.442. The Labute approximate surface area is 189 Å². The monoisotopic (exact) mass is 432 g/mol. The van der Waals surface area contributed by atoms with Crippen LogP contribution < -0.4 is 0 Å². The van der Waals surface area contributed by atoms with Gasteiger partial charge in [0.05, 0.1) is 23.9 Å². The highest BCUT2D eigenvalue weighted by molar-refractivity contribution is 6.55. The molecule has 0 heterocycles. The van der Waals surface area contributed by atoms with Gasteiger partial charge in [-0.1, -0.05) is 30.3 Å². The van der Waals surface area contributed by atoms with Crippen molar-refractivity contribution in [2.75, 3.05) is 0 Å². The highest BCUT2D eigenvalue weighted by Gasteiger charge is 2.29. The number of carbonyl (C=O) groups excluding carboxylic acids is 1. The summed E-state index contributed by atoms with van der Waals surface area (Å²) < 4.78 is 13.3. The van der Waals surface area contributed by atoms with E-state index in [1.807, 2.05) is 36.4 Å². The lowest BCUT2D eigenvalue weighted by Gasteiger charge is -2.22. The third-order valence-corrected chi connectivity index (χ3v) is 5.68. The highest BCUT2D eigenvalue weighted by atomic mass is 19.1. The van der Waals surface area contributed by atoms with Gasteiger partial charge in [0.25, 0.3) is 0 Å². The van der Waals surface area contributed by atoms with E-state index in [4.69, 9.17) is 0 Å². The number of benzene rings is 4. The predicted octanol–water partition coefficient (Wildman–Crippen LogP) is 5.84. The molecule has 4 aromatic carbocycles. The zero-order valence-corrected chi connectivity index (χ0v) is 17.4. The summed E-state index contributed by atoms with van der Waals surface area (Å²) in [5.41, 5.74) is 6.37. The van der Waals surface area contributed by atoms with Crippen LogP contribution in [0.1, 0.15) is 27.0 Å². The number of nitrogens with zero attached hydrogens (tertiary/aromatic N) is 2. The molecule has 0 saturated heterocycles. The standard InChI is InChI=1S/C28H17FN2O2/c29-21-6-8-22(9-7-21)31-27-23-10-4-17(15-30)13-25(23)26-14-20(5-11-24(26)28(27)33)19-3-1-2-18(12-19)16-32/h1-14,32H,16H2. The van der Waals surface area contributed by atoms with Crippen molar-refractivity contribution in [3.05, 3.63) is 113 Å². The number of fused-ring (bicyclic) bond motifs is 3. The van der Waals surface area contributed by atoms with Crippen molar-refractivity contribution in [1.82, 2.24) is 0 Å². The molecule has 0 fully saturated rings. The topological polar surface area (TPSA) is 73.4 Å². The maximum Gasteiger partial charge on any atom is 0.212 e. The Balaban J connectivity index is 1.71. The SMILES string of the molecule is N#Cc1ccc2c(c1)-c1cc(-c3cccc(CO)c3)ccc1C(=O)C2=Nc1ccc(F)cc1. The average molecular weight is 432 g/mol. The van der Waals surface area contributed by atoms with E-state index < -0.39 is 0 Å². The van der Waals surface area contributed by atoms with Crippen molar-refractivity contribution in [1.29, 1.82) is 5.26 Å². The van der Waals surface area contributed by atoms with E-state index >= 15 is 0 Å². The summed E-state index contributed by atoms with van der Waals surface area (Å²) in [5.74, 6) is -0.613. The van der Waals surface area contributed by atoms with E-state index in [-0.39, 0.29) is 23.9 Å². The number of Topliss-reactive ketones (excluding diaryl/α,β-unsaturated/α-hetero) is 1. The third kappa shape index (κ3) is 3.73. The first-order valence-corrected chi connectivity index (χ1v) is 10.4. The molecule has 158 valence electrons. The van der Waals surface area contributed by atoms with Crippen LogP contribution in [0.2, 0.25) is 0 Å². The normalized spacial score (nSPS) is 13.4. The molecule has 0 radical (unpaired) electrons. The zero-order chi connectivity index (χ0) is 22.9. The molecule has 0 saturated carbocycles. The van der Waals surface area contributed by atoms with Gasteiger partial charge in [0, 0.05) is 11.1 Å². The Bertz CT molecular complexity index is 1480. The van der Waals surface area contributed by atoms with Crippen LogP contribution in [-0.2, 0) is 6.61 Å². The van der Waals surface area contributed by atoms with Crippen molar-refractivity contribution in [2.45, 2.75) is 6.61 Å². The van der Waals surface area contributed by atoms with E-state index in [0.29, 0.717) is 22.4 Å². The molecule has 0 atom stereocenters. The van der Waals surface area contributed by atoms with Crippen LogP contribution in [0.3, 0.4) is 0 Å². The summed E-state index contributed by atoms with van der Waals surface area (Å²) in [6.07, 6.45) is 0. The van der Waals surface area contributed by atoms with Crippen molar-refractivity contribution in [3.8, 4) is 28.3 Å². The molecule has 0 amide bonds. The van der Waals surface area contributed by atoms with Crippen LogP contribution in [0, 0.1) is 17.1 Å².